The molecule has 2 N–H and O–H groups in total. The summed E-state index contributed by atoms with van der Waals surface area (Å²) >= 11 is 6.32. The molecule has 4 nitrogen and oxygen atoms in total. The van der Waals surface area contributed by atoms with Gasteiger partial charge in [0.25, 0.3) is 0 Å². The Bertz CT molecular complexity index is 438. The lowest BCUT2D eigenvalue weighted by Crippen LogP contribution is -1.75. The van der Waals surface area contributed by atoms with Crippen molar-refractivity contribution in [2.24, 2.45) is 0 Å². The van der Waals surface area contributed by atoms with E-state index in [-0.39, 0.29) is 0 Å². The van der Waals surface area contributed by atoms with Crippen molar-refractivity contribution in [3.63, 3.8) is 0 Å². The topological polar surface area (TPSA) is 57.4 Å². The normalized spacial score (nSPS) is 10.4. The van der Waals surface area contributed by atoms with Gasteiger partial charge >= 0.3 is 0 Å². The van der Waals surface area contributed by atoms with Crippen molar-refractivity contribution in [1.82, 2.24) is 20.4 Å². The lowest BCUT2D eigenvalue weighted by molar-refractivity contribution is 1.03. The maximum Gasteiger partial charge on any atom is 0.176 e. The van der Waals surface area contributed by atoms with E-state index in [0.717, 1.165) is 16.4 Å². The van der Waals surface area contributed by atoms with Crippen molar-refractivity contribution in [3.8, 4) is 10.7 Å². The second-order valence-corrected chi connectivity index (χ2v) is 4.02. The van der Waals surface area contributed by atoms with Gasteiger partial charge in [-0.1, -0.05) is 11.3 Å². The fourth-order valence-corrected chi connectivity index (χ4v) is 1.72. The van der Waals surface area contributed by atoms with Gasteiger partial charge in [0.15, 0.2) is 8.96 Å². The molecular weight excluding hydrogens is 192 g/mol. The first-order valence-corrected chi connectivity index (χ1v) is 4.56. The molecule has 6 heteroatoms. The van der Waals surface area contributed by atoms with Crippen molar-refractivity contribution in [3.05, 3.63) is 15.7 Å². The Morgan fingerprint density at radius 3 is 2.75 bits per heavy atom. The van der Waals surface area contributed by atoms with Gasteiger partial charge in [-0.05, 0) is 25.2 Å². The molecule has 0 spiro atoms. The van der Waals surface area contributed by atoms with Crippen molar-refractivity contribution in [2.45, 2.75) is 6.92 Å². The zero-order chi connectivity index (χ0) is 8.55. The predicted octanol–water partition coefficient (Wildman–Crippen LogP) is 1.90. The number of rotatable bonds is 1. The minimum atomic E-state index is 0.672. The van der Waals surface area contributed by atoms with E-state index in [1.807, 2.05) is 13.0 Å². The Balaban J connectivity index is 2.50. The Morgan fingerprint density at radius 1 is 1.42 bits per heavy atom. The summed E-state index contributed by atoms with van der Waals surface area (Å²) in [5, 5.41) is 14.4. The minimum absolute atomic E-state index is 0.672. The lowest BCUT2D eigenvalue weighted by Gasteiger charge is -1.80. The smallest absolute Gasteiger partial charge is 0.176 e. The third-order valence-electron chi connectivity index (χ3n) is 1.36. The van der Waals surface area contributed by atoms with E-state index in [0.29, 0.717) is 3.95 Å². The van der Waals surface area contributed by atoms with E-state index in [1.165, 1.54) is 11.3 Å². The number of nitrogens with zero attached hydrogens (tertiary/aromatic N) is 2. The number of H-pyrrole nitrogens is 2. The number of hydrogen-bond donors (Lipinski definition) is 2. The molecular formula is C6H6N4S2. The molecule has 0 unspecified atom stereocenters. The van der Waals surface area contributed by atoms with E-state index < -0.39 is 0 Å². The van der Waals surface area contributed by atoms with Crippen molar-refractivity contribution >= 4 is 23.6 Å². The zero-order valence-corrected chi connectivity index (χ0v) is 7.92. The number of aromatic amines is 2. The standard InChI is InChI=1S/C6H6N4S2/c1-3-2-4(8-7-3)5-9-10-6(11)12-5/h2H,1H3,(H,7,8)(H,10,11). The molecule has 0 amide bonds. The summed E-state index contributed by atoms with van der Waals surface area (Å²) in [6, 6.07) is 1.93. The molecule has 2 aromatic rings. The van der Waals surface area contributed by atoms with Crippen LogP contribution in [-0.4, -0.2) is 20.4 Å². The van der Waals surface area contributed by atoms with Crippen LogP contribution >= 0.6 is 23.6 Å². The quantitative estimate of drug-likeness (QED) is 0.688. The molecule has 0 fully saturated rings. The average Bonchev–Trinajstić information content (AvgIpc) is 2.58. The SMILES string of the molecule is Cc1cc(-c2n[nH]c(=S)s2)n[nH]1. The van der Waals surface area contributed by atoms with Crippen molar-refractivity contribution < 1.29 is 0 Å². The van der Waals surface area contributed by atoms with Crippen LogP contribution < -0.4 is 0 Å². The number of aromatic nitrogens is 4. The maximum absolute atomic E-state index is 4.90. The van der Waals surface area contributed by atoms with Crippen LogP contribution in [0, 0.1) is 10.9 Å². The molecule has 2 rings (SSSR count). The first-order valence-electron chi connectivity index (χ1n) is 3.33. The fraction of sp³-hybridized carbons (Fsp3) is 0.167. The highest BCUT2D eigenvalue weighted by molar-refractivity contribution is 7.73. The van der Waals surface area contributed by atoms with E-state index in [2.05, 4.69) is 20.4 Å². The van der Waals surface area contributed by atoms with Crippen molar-refractivity contribution in [1.29, 1.82) is 0 Å². The fourth-order valence-electron chi connectivity index (χ4n) is 0.867. The van der Waals surface area contributed by atoms with Crippen LogP contribution in [0.3, 0.4) is 0 Å². The molecule has 0 radical (unpaired) electrons. The summed E-state index contributed by atoms with van der Waals surface area (Å²) in [5.41, 5.74) is 1.86. The Labute approximate surface area is 77.7 Å². The molecule has 0 bridgehead atoms. The summed E-state index contributed by atoms with van der Waals surface area (Å²) in [5.74, 6) is 0. The summed E-state index contributed by atoms with van der Waals surface area (Å²) in [6.07, 6.45) is 0. The highest BCUT2D eigenvalue weighted by Crippen LogP contribution is 2.19. The monoisotopic (exact) mass is 198 g/mol. The molecule has 0 saturated heterocycles. The van der Waals surface area contributed by atoms with E-state index >= 15 is 0 Å². The van der Waals surface area contributed by atoms with Gasteiger partial charge in [-0.3, -0.25) is 10.2 Å². The molecule has 62 valence electrons. The summed E-state index contributed by atoms with van der Waals surface area (Å²) in [7, 11) is 0. The number of aryl methyl sites for hydroxylation is 1. The molecule has 0 saturated carbocycles. The van der Waals surface area contributed by atoms with Gasteiger partial charge in [-0.15, -0.1) is 0 Å². The number of nitrogens with one attached hydrogen (secondary N) is 2. The van der Waals surface area contributed by atoms with Crippen LogP contribution in [0.25, 0.3) is 10.7 Å². The van der Waals surface area contributed by atoms with E-state index in [1.54, 1.807) is 0 Å². The molecule has 0 aliphatic heterocycles. The van der Waals surface area contributed by atoms with Gasteiger partial charge in [0.05, 0.1) is 0 Å². The Kier molecular flexibility index (Phi) is 1.78. The summed E-state index contributed by atoms with van der Waals surface area (Å²) < 4.78 is 0.672. The number of hydrogen-bond acceptors (Lipinski definition) is 4. The van der Waals surface area contributed by atoms with Crippen LogP contribution in [0.2, 0.25) is 0 Å². The molecule has 12 heavy (non-hydrogen) atoms. The first kappa shape index (κ1) is 7.63. The van der Waals surface area contributed by atoms with Crippen LogP contribution in [0.5, 0.6) is 0 Å². The van der Waals surface area contributed by atoms with Crippen LogP contribution in [0.15, 0.2) is 6.07 Å². The first-order chi connectivity index (χ1) is 5.75. The second-order valence-electron chi connectivity index (χ2n) is 2.35. The van der Waals surface area contributed by atoms with Crippen LogP contribution in [-0.2, 0) is 0 Å². The third kappa shape index (κ3) is 1.30. The molecule has 2 aromatic heterocycles. The zero-order valence-electron chi connectivity index (χ0n) is 6.29. The van der Waals surface area contributed by atoms with Gasteiger partial charge < -0.3 is 0 Å². The molecule has 0 aliphatic carbocycles. The van der Waals surface area contributed by atoms with Crippen molar-refractivity contribution in [2.75, 3.05) is 0 Å². The van der Waals surface area contributed by atoms with Gasteiger partial charge in [0.2, 0.25) is 0 Å². The molecule has 2 heterocycles. The lowest BCUT2D eigenvalue weighted by atomic mass is 10.4. The molecule has 0 atom stereocenters. The van der Waals surface area contributed by atoms with Gasteiger partial charge in [-0.25, -0.2) is 0 Å². The van der Waals surface area contributed by atoms with Gasteiger partial charge in [0, 0.05) is 5.69 Å². The van der Waals surface area contributed by atoms with Crippen LogP contribution in [0.1, 0.15) is 5.69 Å². The molecule has 0 aliphatic rings. The Hall–Kier alpha value is -1.01. The summed E-state index contributed by atoms with van der Waals surface area (Å²) in [4.78, 5) is 0. The highest BCUT2D eigenvalue weighted by Gasteiger charge is 2.04. The third-order valence-corrected chi connectivity index (χ3v) is 2.47. The molecule has 0 aromatic carbocycles. The maximum atomic E-state index is 4.90. The van der Waals surface area contributed by atoms with Gasteiger partial charge in [0.1, 0.15) is 5.69 Å². The van der Waals surface area contributed by atoms with E-state index in [4.69, 9.17) is 12.2 Å². The highest BCUT2D eigenvalue weighted by atomic mass is 32.1. The largest absolute Gasteiger partial charge is 0.282 e. The van der Waals surface area contributed by atoms with Crippen LogP contribution in [0.4, 0.5) is 0 Å². The Morgan fingerprint density at radius 2 is 2.25 bits per heavy atom. The predicted molar refractivity (Wildman–Crippen MR) is 49.6 cm³/mol. The summed E-state index contributed by atoms with van der Waals surface area (Å²) in [6.45, 7) is 1.95. The average molecular weight is 198 g/mol. The second kappa shape index (κ2) is 2.80. The van der Waals surface area contributed by atoms with E-state index in [9.17, 15) is 0 Å². The van der Waals surface area contributed by atoms with Gasteiger partial charge in [-0.2, -0.15) is 10.2 Å². The minimum Gasteiger partial charge on any atom is -0.282 e.